The first-order valence-electron chi connectivity index (χ1n) is 6.80. The molecule has 0 radical (unpaired) electrons. The summed E-state index contributed by atoms with van der Waals surface area (Å²) in [4.78, 5) is 28.5. The Bertz CT molecular complexity index is 790. The fourth-order valence-electron chi connectivity index (χ4n) is 2.18. The van der Waals surface area contributed by atoms with E-state index in [1.165, 1.54) is 11.6 Å². The molecule has 0 saturated carbocycles. The Balaban J connectivity index is 2.47. The van der Waals surface area contributed by atoms with Crippen LogP contribution in [0, 0.1) is 0 Å². The molecule has 8 heteroatoms. The number of anilines is 1. The first-order chi connectivity index (χ1) is 9.63. The van der Waals surface area contributed by atoms with Crippen molar-refractivity contribution in [3.8, 4) is 0 Å². The summed E-state index contributed by atoms with van der Waals surface area (Å²) in [6, 6.07) is 0. The maximum atomic E-state index is 12.2. The third-order valence-corrected chi connectivity index (χ3v) is 3.54. The van der Waals surface area contributed by atoms with Crippen molar-refractivity contribution in [1.82, 2.24) is 18.7 Å². The number of hydrogen-bond donors (Lipinski definition) is 1. The Kier molecular flexibility index (Phi) is 3.66. The largest absolute Gasteiger partial charge is 0.350 e. The van der Waals surface area contributed by atoms with Gasteiger partial charge in [0.25, 0.3) is 5.56 Å². The molecule has 1 N–H and O–H groups in total. The van der Waals surface area contributed by atoms with E-state index >= 15 is 0 Å². The zero-order valence-electron chi connectivity index (χ0n) is 13.5. The molecular weight excluding hydrogens is 272 g/mol. The molecule has 2 rings (SSSR count). The molecule has 0 spiro atoms. The molecule has 0 bridgehead atoms. The molecular formula is C13H23N6O2+. The molecule has 0 fully saturated rings. The minimum Gasteiger partial charge on any atom is -0.350 e. The third kappa shape index (κ3) is 2.71. The summed E-state index contributed by atoms with van der Waals surface area (Å²) >= 11 is 0. The van der Waals surface area contributed by atoms with Crippen LogP contribution in [-0.4, -0.2) is 57.4 Å². The Labute approximate surface area is 122 Å². The molecule has 8 nitrogen and oxygen atoms in total. The van der Waals surface area contributed by atoms with Crippen LogP contribution in [0.4, 0.5) is 5.95 Å². The van der Waals surface area contributed by atoms with Gasteiger partial charge in [-0.3, -0.25) is 13.9 Å². The molecule has 0 amide bonds. The summed E-state index contributed by atoms with van der Waals surface area (Å²) < 4.78 is 5.02. The molecule has 0 unspecified atom stereocenters. The monoisotopic (exact) mass is 295 g/mol. The molecule has 0 aliphatic carbocycles. The predicted octanol–water partition coefficient (Wildman–Crippen LogP) is -0.911. The van der Waals surface area contributed by atoms with Crippen LogP contribution in [0.5, 0.6) is 0 Å². The smallest absolute Gasteiger partial charge is 0.332 e. The van der Waals surface area contributed by atoms with Gasteiger partial charge >= 0.3 is 5.69 Å². The van der Waals surface area contributed by atoms with Crippen LogP contribution in [0.15, 0.2) is 9.59 Å². The fraction of sp³-hybridized carbons (Fsp3) is 0.615. The number of hydrogen-bond acceptors (Lipinski definition) is 4. The van der Waals surface area contributed by atoms with Crippen molar-refractivity contribution in [3.05, 3.63) is 20.8 Å². The van der Waals surface area contributed by atoms with Crippen molar-refractivity contribution in [2.45, 2.75) is 0 Å². The van der Waals surface area contributed by atoms with Crippen LogP contribution in [0.2, 0.25) is 0 Å². The zero-order chi connectivity index (χ0) is 15.9. The van der Waals surface area contributed by atoms with Gasteiger partial charge in [-0.25, -0.2) is 4.79 Å². The molecule has 0 atom stereocenters. The Hall–Kier alpha value is -2.09. The van der Waals surface area contributed by atoms with Gasteiger partial charge in [0.05, 0.1) is 34.2 Å². The SMILES string of the molecule is Cn1c(=O)c2c(nc(NCC[N+](C)(C)C)n2C)n(C)c1=O. The van der Waals surface area contributed by atoms with Crippen molar-refractivity contribution >= 4 is 17.1 Å². The lowest BCUT2D eigenvalue weighted by atomic mass is 10.5. The highest BCUT2D eigenvalue weighted by molar-refractivity contribution is 5.74. The number of imidazole rings is 1. The lowest BCUT2D eigenvalue weighted by molar-refractivity contribution is -0.868. The topological polar surface area (TPSA) is 73.8 Å². The quantitative estimate of drug-likeness (QED) is 0.741. The molecule has 2 aromatic heterocycles. The van der Waals surface area contributed by atoms with Gasteiger partial charge in [-0.1, -0.05) is 0 Å². The molecule has 116 valence electrons. The summed E-state index contributed by atoms with van der Waals surface area (Å²) in [5.41, 5.74) is 0.122. The standard InChI is InChI=1S/C13H22N6O2/c1-16-9-10(17(2)13(21)18(3)11(9)20)15-12(16)14-7-8-19(4,5)6/h7-8H2,1-6H3/p+1. The Morgan fingerprint density at radius 1 is 1.05 bits per heavy atom. The molecule has 0 aliphatic rings. The predicted molar refractivity (Wildman–Crippen MR) is 82.6 cm³/mol. The lowest BCUT2D eigenvalue weighted by Gasteiger charge is -2.23. The second-order valence-electron chi connectivity index (χ2n) is 6.31. The maximum absolute atomic E-state index is 12.2. The summed E-state index contributed by atoms with van der Waals surface area (Å²) in [6.45, 7) is 1.65. The highest BCUT2D eigenvalue weighted by Crippen LogP contribution is 2.12. The van der Waals surface area contributed by atoms with Crippen molar-refractivity contribution in [2.75, 3.05) is 39.5 Å². The van der Waals surface area contributed by atoms with E-state index in [2.05, 4.69) is 31.4 Å². The number of rotatable bonds is 4. The number of nitrogens with one attached hydrogen (secondary N) is 1. The van der Waals surface area contributed by atoms with Gasteiger partial charge in [0, 0.05) is 21.1 Å². The normalized spacial score (nSPS) is 12.1. The minimum atomic E-state index is -0.372. The number of likely N-dealkylation sites (N-methyl/N-ethyl adjacent to an activating group) is 1. The van der Waals surface area contributed by atoms with E-state index < -0.39 is 0 Å². The number of nitrogens with zero attached hydrogens (tertiary/aromatic N) is 5. The first kappa shape index (κ1) is 15.3. The summed E-state index contributed by atoms with van der Waals surface area (Å²) in [5, 5.41) is 3.22. The fourth-order valence-corrected chi connectivity index (χ4v) is 2.18. The van der Waals surface area contributed by atoms with Crippen LogP contribution >= 0.6 is 0 Å². The summed E-state index contributed by atoms with van der Waals surface area (Å²) in [7, 11) is 11.2. The van der Waals surface area contributed by atoms with Gasteiger partial charge in [-0.05, 0) is 0 Å². The summed E-state index contributed by atoms with van der Waals surface area (Å²) in [5.74, 6) is 0.594. The van der Waals surface area contributed by atoms with Gasteiger partial charge in [-0.2, -0.15) is 4.98 Å². The van der Waals surface area contributed by atoms with Gasteiger partial charge in [0.15, 0.2) is 11.2 Å². The van der Waals surface area contributed by atoms with Crippen LogP contribution in [0.3, 0.4) is 0 Å². The molecule has 2 heterocycles. The number of aryl methyl sites for hydroxylation is 2. The van der Waals surface area contributed by atoms with E-state index in [-0.39, 0.29) is 11.2 Å². The average Bonchev–Trinajstić information content (AvgIpc) is 2.70. The second kappa shape index (κ2) is 5.03. The highest BCUT2D eigenvalue weighted by Gasteiger charge is 2.17. The average molecular weight is 295 g/mol. The summed E-state index contributed by atoms with van der Waals surface area (Å²) in [6.07, 6.45) is 0. The number of quaternary nitrogens is 1. The van der Waals surface area contributed by atoms with Crippen LogP contribution in [-0.2, 0) is 21.1 Å². The van der Waals surface area contributed by atoms with Crippen molar-refractivity contribution in [3.63, 3.8) is 0 Å². The van der Waals surface area contributed by atoms with E-state index in [4.69, 9.17) is 0 Å². The van der Waals surface area contributed by atoms with Gasteiger partial charge < -0.3 is 14.4 Å². The van der Waals surface area contributed by atoms with Crippen molar-refractivity contribution in [1.29, 1.82) is 0 Å². The molecule has 21 heavy (non-hydrogen) atoms. The van der Waals surface area contributed by atoms with E-state index in [1.54, 1.807) is 18.7 Å². The van der Waals surface area contributed by atoms with Gasteiger partial charge in [-0.15, -0.1) is 0 Å². The second-order valence-corrected chi connectivity index (χ2v) is 6.31. The van der Waals surface area contributed by atoms with E-state index in [1.807, 2.05) is 0 Å². The van der Waals surface area contributed by atoms with Crippen LogP contribution in [0.25, 0.3) is 11.2 Å². The zero-order valence-corrected chi connectivity index (χ0v) is 13.5. The molecule has 0 saturated heterocycles. The Morgan fingerprint density at radius 2 is 1.67 bits per heavy atom. The molecule has 0 aliphatic heterocycles. The number of aromatic nitrogens is 4. The number of fused-ring (bicyclic) bond motifs is 1. The van der Waals surface area contributed by atoms with Crippen molar-refractivity contribution in [2.24, 2.45) is 21.1 Å². The maximum Gasteiger partial charge on any atom is 0.332 e. The van der Waals surface area contributed by atoms with E-state index in [0.717, 1.165) is 22.1 Å². The molecule has 2 aromatic rings. The van der Waals surface area contributed by atoms with E-state index in [0.29, 0.717) is 17.1 Å². The lowest BCUT2D eigenvalue weighted by Crippen LogP contribution is -2.38. The third-order valence-electron chi connectivity index (χ3n) is 3.54. The Morgan fingerprint density at radius 3 is 2.24 bits per heavy atom. The van der Waals surface area contributed by atoms with Crippen molar-refractivity contribution < 1.29 is 4.48 Å². The highest BCUT2D eigenvalue weighted by atomic mass is 16.2. The van der Waals surface area contributed by atoms with Crippen LogP contribution in [0.1, 0.15) is 0 Å². The first-order valence-corrected chi connectivity index (χ1v) is 6.80. The van der Waals surface area contributed by atoms with Gasteiger partial charge in [0.1, 0.15) is 0 Å². The van der Waals surface area contributed by atoms with Gasteiger partial charge in [0.2, 0.25) is 5.95 Å². The van der Waals surface area contributed by atoms with E-state index in [9.17, 15) is 9.59 Å². The molecule has 0 aromatic carbocycles. The van der Waals surface area contributed by atoms with Crippen LogP contribution < -0.4 is 16.6 Å². The minimum absolute atomic E-state index is 0.331.